The first kappa shape index (κ1) is 33.9. The predicted octanol–water partition coefficient (Wildman–Crippen LogP) is 15.2. The fraction of sp³-hybridized carbons (Fsp3) is 0.0545. The number of hydrogen-bond acceptors (Lipinski definition) is 2. The maximum Gasteiger partial charge on any atom is 0.0619 e. The second-order valence-corrected chi connectivity index (χ2v) is 15.8. The van der Waals surface area contributed by atoms with Crippen LogP contribution in [-0.4, -0.2) is 4.57 Å². The van der Waals surface area contributed by atoms with Gasteiger partial charge < -0.3 is 14.4 Å². The summed E-state index contributed by atoms with van der Waals surface area (Å²) in [4.78, 5) is 4.69. The van der Waals surface area contributed by atoms with Crippen molar-refractivity contribution in [2.24, 2.45) is 0 Å². The molecule has 58 heavy (non-hydrogen) atoms. The van der Waals surface area contributed by atoms with E-state index < -0.39 is 0 Å². The molecule has 1 heterocycles. The Morgan fingerprint density at radius 1 is 0.362 bits per heavy atom. The molecular formula is C55H41N3. The van der Waals surface area contributed by atoms with Gasteiger partial charge in [0, 0.05) is 61.4 Å². The fourth-order valence-corrected chi connectivity index (χ4v) is 9.37. The fourth-order valence-electron chi connectivity index (χ4n) is 9.37. The molecule has 0 amide bonds. The van der Waals surface area contributed by atoms with E-state index in [0.717, 1.165) is 34.1 Å². The predicted molar refractivity (Wildman–Crippen MR) is 245 cm³/mol. The molecule has 1 aromatic heterocycles. The van der Waals surface area contributed by atoms with Crippen LogP contribution in [0.4, 0.5) is 34.1 Å². The van der Waals surface area contributed by atoms with Crippen molar-refractivity contribution in [3.05, 3.63) is 223 Å². The molecule has 0 spiro atoms. The van der Waals surface area contributed by atoms with Crippen molar-refractivity contribution < 1.29 is 0 Å². The largest absolute Gasteiger partial charge is 0.311 e. The van der Waals surface area contributed by atoms with Crippen LogP contribution in [0.5, 0.6) is 0 Å². The molecule has 0 radical (unpaired) electrons. The maximum absolute atomic E-state index is 2.48. The average molecular weight is 744 g/mol. The lowest BCUT2D eigenvalue weighted by Crippen LogP contribution is -2.17. The van der Waals surface area contributed by atoms with Gasteiger partial charge in [0.2, 0.25) is 0 Å². The summed E-state index contributed by atoms with van der Waals surface area (Å²) in [7, 11) is 0. The van der Waals surface area contributed by atoms with Crippen LogP contribution >= 0.6 is 0 Å². The van der Waals surface area contributed by atoms with Crippen molar-refractivity contribution in [3.8, 4) is 16.8 Å². The van der Waals surface area contributed by atoms with Gasteiger partial charge in [-0.05, 0) is 119 Å². The Labute approximate surface area is 339 Å². The Morgan fingerprint density at radius 2 is 0.828 bits per heavy atom. The summed E-state index contributed by atoms with van der Waals surface area (Å²) in [5, 5.41) is 5.08. The molecule has 276 valence electrons. The lowest BCUT2D eigenvalue weighted by atomic mass is 9.82. The molecule has 10 aromatic rings. The van der Waals surface area contributed by atoms with Gasteiger partial charge in [-0.25, -0.2) is 0 Å². The molecule has 3 nitrogen and oxygen atoms in total. The van der Waals surface area contributed by atoms with Crippen LogP contribution in [0.3, 0.4) is 0 Å². The lowest BCUT2D eigenvalue weighted by Gasteiger charge is -2.29. The molecule has 11 rings (SSSR count). The number of fused-ring (bicyclic) bond motifs is 8. The number of anilines is 6. The normalized spacial score (nSPS) is 12.8. The van der Waals surface area contributed by atoms with E-state index in [1.54, 1.807) is 0 Å². The van der Waals surface area contributed by atoms with Crippen molar-refractivity contribution in [2.75, 3.05) is 9.80 Å². The van der Waals surface area contributed by atoms with E-state index in [9.17, 15) is 0 Å². The molecule has 0 aliphatic heterocycles. The smallest absolute Gasteiger partial charge is 0.0619 e. The van der Waals surface area contributed by atoms with Gasteiger partial charge in [0.1, 0.15) is 0 Å². The maximum atomic E-state index is 2.48. The zero-order valence-electron chi connectivity index (χ0n) is 32.5. The van der Waals surface area contributed by atoms with Gasteiger partial charge in [0.05, 0.1) is 11.0 Å². The molecule has 0 N–H and O–H groups in total. The van der Waals surface area contributed by atoms with Crippen molar-refractivity contribution in [1.29, 1.82) is 0 Å². The van der Waals surface area contributed by atoms with Gasteiger partial charge in [-0.2, -0.15) is 0 Å². The van der Waals surface area contributed by atoms with E-state index in [-0.39, 0.29) is 5.41 Å². The Balaban J connectivity index is 1.01. The third kappa shape index (κ3) is 5.35. The lowest BCUT2D eigenvalue weighted by molar-refractivity contribution is 0.660. The van der Waals surface area contributed by atoms with Gasteiger partial charge in [-0.1, -0.05) is 135 Å². The van der Waals surface area contributed by atoms with E-state index in [2.05, 4.69) is 241 Å². The standard InChI is InChI=1S/C55H41N3/c1-55(2)51-36-44(57(41-21-10-5-11-22-41)43-29-27-42(28-30-43)56(39-17-6-3-7-18-39)40-19-8-4-9-20-40)31-34-47(51)48-35-32-45(37-52(48)55)58-53-25-15-14-24-49(53)50-33-26-38-16-12-13-23-46(38)54(50)58/h3-37H,1-2H3. The van der Waals surface area contributed by atoms with E-state index in [1.165, 1.54) is 60.5 Å². The summed E-state index contributed by atoms with van der Waals surface area (Å²) < 4.78 is 2.48. The topological polar surface area (TPSA) is 11.4 Å². The number of nitrogens with zero attached hydrogens (tertiary/aromatic N) is 3. The van der Waals surface area contributed by atoms with E-state index in [4.69, 9.17) is 0 Å². The highest BCUT2D eigenvalue weighted by atomic mass is 15.2. The van der Waals surface area contributed by atoms with Crippen LogP contribution in [0.15, 0.2) is 212 Å². The van der Waals surface area contributed by atoms with Gasteiger partial charge in [-0.15, -0.1) is 0 Å². The summed E-state index contributed by atoms with van der Waals surface area (Å²) >= 11 is 0. The molecule has 0 bridgehead atoms. The number of hydrogen-bond donors (Lipinski definition) is 0. The van der Waals surface area contributed by atoms with E-state index >= 15 is 0 Å². The monoisotopic (exact) mass is 743 g/mol. The van der Waals surface area contributed by atoms with Gasteiger partial charge >= 0.3 is 0 Å². The highest BCUT2D eigenvalue weighted by Gasteiger charge is 2.36. The van der Waals surface area contributed by atoms with Crippen LogP contribution in [-0.2, 0) is 5.41 Å². The second-order valence-electron chi connectivity index (χ2n) is 15.8. The molecule has 0 atom stereocenters. The Bertz CT molecular complexity index is 3090. The molecule has 0 fully saturated rings. The van der Waals surface area contributed by atoms with Crippen molar-refractivity contribution in [1.82, 2.24) is 4.57 Å². The molecule has 0 unspecified atom stereocenters. The Hall–Kier alpha value is -7.36. The van der Waals surface area contributed by atoms with Crippen LogP contribution in [0, 0.1) is 0 Å². The van der Waals surface area contributed by atoms with Gasteiger partial charge in [0.25, 0.3) is 0 Å². The zero-order valence-corrected chi connectivity index (χ0v) is 32.5. The summed E-state index contributed by atoms with van der Waals surface area (Å²) in [5.74, 6) is 0. The zero-order chi connectivity index (χ0) is 38.8. The van der Waals surface area contributed by atoms with Crippen LogP contribution in [0.25, 0.3) is 49.4 Å². The minimum atomic E-state index is -0.227. The van der Waals surface area contributed by atoms with E-state index in [1.807, 2.05) is 0 Å². The average Bonchev–Trinajstić information content (AvgIpc) is 3.74. The van der Waals surface area contributed by atoms with Crippen molar-refractivity contribution in [2.45, 2.75) is 19.3 Å². The third-order valence-electron chi connectivity index (χ3n) is 12.1. The molecule has 1 aliphatic rings. The van der Waals surface area contributed by atoms with Crippen molar-refractivity contribution in [3.63, 3.8) is 0 Å². The summed E-state index contributed by atoms with van der Waals surface area (Å²) in [6, 6.07) is 77.1. The molecular weight excluding hydrogens is 703 g/mol. The SMILES string of the molecule is CC1(C)c2cc(N(c3ccccc3)c3ccc(N(c4ccccc4)c4ccccc4)cc3)ccc2-c2ccc(-n3c4ccccc4c4ccc5ccccc5c43)cc21. The number of benzene rings is 9. The van der Waals surface area contributed by atoms with Crippen LogP contribution in [0.2, 0.25) is 0 Å². The minimum Gasteiger partial charge on any atom is -0.311 e. The molecule has 0 saturated carbocycles. The molecule has 0 saturated heterocycles. The molecule has 9 aromatic carbocycles. The summed E-state index contributed by atoms with van der Waals surface area (Å²) in [6.07, 6.45) is 0. The number of aromatic nitrogens is 1. The first-order valence-corrected chi connectivity index (χ1v) is 20.1. The first-order chi connectivity index (χ1) is 28.5. The second kappa shape index (κ2) is 13.4. The van der Waals surface area contributed by atoms with Gasteiger partial charge in [0.15, 0.2) is 0 Å². The Morgan fingerprint density at radius 3 is 1.45 bits per heavy atom. The quantitative estimate of drug-likeness (QED) is 0.161. The summed E-state index contributed by atoms with van der Waals surface area (Å²) in [5.41, 5.74) is 15.4. The van der Waals surface area contributed by atoms with E-state index in [0.29, 0.717) is 0 Å². The molecule has 1 aliphatic carbocycles. The highest BCUT2D eigenvalue weighted by molar-refractivity contribution is 6.18. The van der Waals surface area contributed by atoms with Gasteiger partial charge in [-0.3, -0.25) is 0 Å². The minimum absolute atomic E-state index is 0.227. The van der Waals surface area contributed by atoms with Crippen LogP contribution in [0.1, 0.15) is 25.0 Å². The number of para-hydroxylation sites is 4. The first-order valence-electron chi connectivity index (χ1n) is 20.1. The Kier molecular flexibility index (Phi) is 7.84. The highest BCUT2D eigenvalue weighted by Crippen LogP contribution is 2.52. The van der Waals surface area contributed by atoms with Crippen LogP contribution < -0.4 is 9.80 Å². The summed E-state index contributed by atoms with van der Waals surface area (Å²) in [6.45, 7) is 4.77. The van der Waals surface area contributed by atoms with Crippen molar-refractivity contribution >= 4 is 66.7 Å². The molecule has 3 heteroatoms. The third-order valence-corrected chi connectivity index (χ3v) is 12.1. The number of rotatable bonds is 7.